The molecule has 0 spiro atoms. The van der Waals surface area contributed by atoms with Crippen molar-refractivity contribution in [3.05, 3.63) is 64.2 Å². The molecule has 0 bridgehead atoms. The van der Waals surface area contributed by atoms with Crippen LogP contribution in [0.15, 0.2) is 48.5 Å². The maximum atomic E-state index is 13.1. The summed E-state index contributed by atoms with van der Waals surface area (Å²) in [5, 5.41) is 41.8. The van der Waals surface area contributed by atoms with E-state index in [1.807, 2.05) is 0 Å². The summed E-state index contributed by atoms with van der Waals surface area (Å²) in [6, 6.07) is 5.69. The highest BCUT2D eigenvalue weighted by molar-refractivity contribution is 6.00. The van der Waals surface area contributed by atoms with Crippen LogP contribution in [0.3, 0.4) is 0 Å². The van der Waals surface area contributed by atoms with Crippen LogP contribution in [0, 0.1) is 16.0 Å². The van der Waals surface area contributed by atoms with Gasteiger partial charge in [-0.25, -0.2) is 0 Å². The number of amides is 5. The molecule has 0 radical (unpaired) electrons. The van der Waals surface area contributed by atoms with E-state index in [2.05, 4.69) is 26.6 Å². The first-order valence-corrected chi connectivity index (χ1v) is 13.8. The lowest BCUT2D eigenvalue weighted by Gasteiger charge is -2.27. The summed E-state index contributed by atoms with van der Waals surface area (Å²) in [7, 11) is 0. The molecule has 45 heavy (non-hydrogen) atoms. The number of aliphatic carboxylic acids is 1. The van der Waals surface area contributed by atoms with E-state index >= 15 is 0 Å². The van der Waals surface area contributed by atoms with Crippen molar-refractivity contribution in [2.45, 2.75) is 64.7 Å². The number of nitro groups is 1. The van der Waals surface area contributed by atoms with Gasteiger partial charge in [0, 0.05) is 31.2 Å². The molecule has 0 saturated carbocycles. The number of non-ortho nitro benzene ring substituents is 1. The molecule has 16 heteroatoms. The molecule has 0 aliphatic heterocycles. The van der Waals surface area contributed by atoms with Gasteiger partial charge in [-0.05, 0) is 42.7 Å². The van der Waals surface area contributed by atoms with E-state index < -0.39 is 76.9 Å². The van der Waals surface area contributed by atoms with Crippen molar-refractivity contribution in [3.63, 3.8) is 0 Å². The predicted octanol–water partition coefficient (Wildman–Crippen LogP) is 0.591. The minimum absolute atomic E-state index is 0.0216. The average molecular weight is 629 g/mol. The lowest BCUT2D eigenvalue weighted by Crippen LogP contribution is -2.58. The number of nitro benzene ring substituents is 1. The fourth-order valence-corrected chi connectivity index (χ4v) is 4.06. The second kappa shape index (κ2) is 16.3. The number of carboxylic acid groups (broad SMARTS) is 1. The van der Waals surface area contributed by atoms with Crippen molar-refractivity contribution < 1.29 is 43.9 Å². The zero-order chi connectivity index (χ0) is 33.8. The summed E-state index contributed by atoms with van der Waals surface area (Å²) in [4.78, 5) is 85.3. The lowest BCUT2D eigenvalue weighted by atomic mass is 10.0. The highest BCUT2D eigenvalue weighted by Crippen LogP contribution is 2.16. The molecule has 0 saturated heterocycles. The van der Waals surface area contributed by atoms with E-state index in [4.69, 9.17) is 0 Å². The first-order chi connectivity index (χ1) is 21.1. The van der Waals surface area contributed by atoms with Crippen LogP contribution in [0.4, 0.5) is 11.4 Å². The molecule has 2 aromatic rings. The van der Waals surface area contributed by atoms with E-state index in [-0.39, 0.29) is 23.5 Å². The predicted molar refractivity (Wildman–Crippen MR) is 160 cm³/mol. The number of phenols is 1. The Kier molecular flexibility index (Phi) is 13.0. The largest absolute Gasteiger partial charge is 0.508 e. The van der Waals surface area contributed by atoms with E-state index in [1.165, 1.54) is 38.1 Å². The van der Waals surface area contributed by atoms with Crippen LogP contribution in [0.5, 0.6) is 5.75 Å². The van der Waals surface area contributed by atoms with Crippen LogP contribution in [-0.2, 0) is 35.2 Å². The molecular weight excluding hydrogens is 592 g/mol. The molecular formula is C29H36N6O10. The Bertz CT molecular complexity index is 1410. The number of benzene rings is 2. The van der Waals surface area contributed by atoms with Gasteiger partial charge in [0.15, 0.2) is 0 Å². The quantitative estimate of drug-likeness (QED) is 0.107. The molecule has 5 amide bonds. The minimum Gasteiger partial charge on any atom is -0.508 e. The Morgan fingerprint density at radius 1 is 0.778 bits per heavy atom. The van der Waals surface area contributed by atoms with Crippen molar-refractivity contribution in [2.24, 2.45) is 5.92 Å². The Balaban J connectivity index is 2.09. The molecule has 242 valence electrons. The second-order valence-electron chi connectivity index (χ2n) is 10.5. The number of carboxylic acids is 1. The molecule has 7 N–H and O–H groups in total. The number of hydrogen-bond donors (Lipinski definition) is 7. The van der Waals surface area contributed by atoms with Gasteiger partial charge >= 0.3 is 5.97 Å². The molecule has 0 aliphatic rings. The van der Waals surface area contributed by atoms with Gasteiger partial charge in [-0.15, -0.1) is 0 Å². The van der Waals surface area contributed by atoms with Gasteiger partial charge in [0.1, 0.15) is 29.9 Å². The smallest absolute Gasteiger partial charge is 0.305 e. The fraction of sp³-hybridized carbons (Fsp3) is 0.379. The lowest BCUT2D eigenvalue weighted by molar-refractivity contribution is -0.384. The Morgan fingerprint density at radius 2 is 1.38 bits per heavy atom. The molecule has 16 nitrogen and oxygen atoms in total. The first-order valence-electron chi connectivity index (χ1n) is 13.8. The topological polar surface area (TPSA) is 246 Å². The molecule has 4 unspecified atom stereocenters. The van der Waals surface area contributed by atoms with Gasteiger partial charge in [-0.2, -0.15) is 0 Å². The first kappa shape index (κ1) is 35.7. The molecule has 0 aliphatic carbocycles. The maximum Gasteiger partial charge on any atom is 0.305 e. The minimum atomic E-state index is -1.57. The number of nitrogens with one attached hydrogen (secondary N) is 5. The Morgan fingerprint density at radius 3 is 1.89 bits per heavy atom. The second-order valence-corrected chi connectivity index (χ2v) is 10.5. The maximum absolute atomic E-state index is 13.1. The van der Waals surface area contributed by atoms with Crippen LogP contribution in [0.1, 0.15) is 39.7 Å². The zero-order valence-corrected chi connectivity index (χ0v) is 25.0. The third-order valence-electron chi connectivity index (χ3n) is 6.43. The van der Waals surface area contributed by atoms with Crippen LogP contribution >= 0.6 is 0 Å². The van der Waals surface area contributed by atoms with Crippen molar-refractivity contribution in [2.75, 3.05) is 5.32 Å². The molecule has 2 aromatic carbocycles. The number of aromatic hydroxyl groups is 1. The van der Waals surface area contributed by atoms with E-state index in [0.29, 0.717) is 5.56 Å². The molecule has 0 heterocycles. The number of nitrogens with zero attached hydrogens (tertiary/aromatic N) is 1. The van der Waals surface area contributed by atoms with Crippen LogP contribution in [0.25, 0.3) is 0 Å². The standard InChI is InChI=1S/C29H36N6O10/c1-15(2)25(34-28(42)22(31-17(4)36)13-18-5-11-21(37)12-6-18)29(43)30-16(3)26(40)33-23(14-24(38)39)27(41)32-19-7-9-20(10-8-19)35(44)45/h5-12,15-16,22-23,25,37H,13-14H2,1-4H3,(H,30,43)(H,31,36)(H,32,41)(H,33,40)(H,34,42)(H,38,39). The molecule has 4 atom stereocenters. The van der Waals surface area contributed by atoms with Crippen molar-refractivity contribution in [1.82, 2.24) is 21.3 Å². The molecule has 0 aromatic heterocycles. The van der Waals surface area contributed by atoms with Gasteiger partial charge in [-0.1, -0.05) is 26.0 Å². The highest BCUT2D eigenvalue weighted by Gasteiger charge is 2.32. The van der Waals surface area contributed by atoms with Gasteiger partial charge < -0.3 is 36.8 Å². The SMILES string of the molecule is CC(=O)NC(Cc1ccc(O)cc1)C(=O)NC(C(=O)NC(C)C(=O)NC(CC(=O)O)C(=O)Nc1ccc([N+](=O)[O-])cc1)C(C)C. The molecule has 2 rings (SSSR count). The summed E-state index contributed by atoms with van der Waals surface area (Å²) in [5.74, 6) is -5.57. The number of carbonyl (C=O) groups excluding carboxylic acids is 5. The Labute approximate surface area is 258 Å². The Hall–Kier alpha value is -5.54. The summed E-state index contributed by atoms with van der Waals surface area (Å²) < 4.78 is 0. The van der Waals surface area contributed by atoms with Crippen LogP contribution in [0.2, 0.25) is 0 Å². The van der Waals surface area contributed by atoms with Crippen LogP contribution in [-0.4, -0.2) is 74.8 Å². The summed E-state index contributed by atoms with van der Waals surface area (Å²) in [5.41, 5.74) is 0.521. The van der Waals surface area contributed by atoms with Crippen molar-refractivity contribution in [1.29, 1.82) is 0 Å². The van der Waals surface area contributed by atoms with Gasteiger partial charge in [-0.3, -0.25) is 38.9 Å². The zero-order valence-electron chi connectivity index (χ0n) is 25.0. The van der Waals surface area contributed by atoms with E-state index in [0.717, 1.165) is 12.1 Å². The number of carbonyl (C=O) groups is 6. The normalized spacial score (nSPS) is 13.4. The monoisotopic (exact) mass is 628 g/mol. The summed E-state index contributed by atoms with van der Waals surface area (Å²) in [6.07, 6.45) is -0.745. The summed E-state index contributed by atoms with van der Waals surface area (Å²) >= 11 is 0. The number of hydrogen-bond acceptors (Lipinski definition) is 9. The van der Waals surface area contributed by atoms with Crippen LogP contribution < -0.4 is 26.6 Å². The number of rotatable bonds is 15. The average Bonchev–Trinajstić information content (AvgIpc) is 2.95. The molecule has 0 fully saturated rings. The van der Waals surface area contributed by atoms with Gasteiger partial charge in [0.2, 0.25) is 29.5 Å². The summed E-state index contributed by atoms with van der Waals surface area (Å²) in [6.45, 7) is 5.82. The van der Waals surface area contributed by atoms with Gasteiger partial charge in [0.25, 0.3) is 5.69 Å². The number of phenolic OH excluding ortho intramolecular Hbond substituents is 1. The third-order valence-corrected chi connectivity index (χ3v) is 6.43. The van der Waals surface area contributed by atoms with Crippen molar-refractivity contribution in [3.8, 4) is 5.75 Å². The van der Waals surface area contributed by atoms with Gasteiger partial charge in [0.05, 0.1) is 11.3 Å². The fourth-order valence-electron chi connectivity index (χ4n) is 4.06. The van der Waals surface area contributed by atoms with E-state index in [1.54, 1.807) is 26.0 Å². The highest BCUT2D eigenvalue weighted by atomic mass is 16.6. The van der Waals surface area contributed by atoms with E-state index in [9.17, 15) is 49.1 Å². The third kappa shape index (κ3) is 11.6. The number of anilines is 1. The van der Waals surface area contributed by atoms with Crippen molar-refractivity contribution >= 4 is 46.9 Å².